The second-order valence-corrected chi connectivity index (χ2v) is 5.17. The molecule has 90 valence electrons. The molecular formula is C13H28N2. The first-order chi connectivity index (χ1) is 7.16. The van der Waals surface area contributed by atoms with Crippen LogP contribution < -0.4 is 5.32 Å². The summed E-state index contributed by atoms with van der Waals surface area (Å²) in [6.07, 6.45) is 6.79. The topological polar surface area (TPSA) is 15.3 Å². The van der Waals surface area contributed by atoms with Crippen LogP contribution in [0.3, 0.4) is 0 Å². The Balaban J connectivity index is 2.49. The number of nitrogens with zero attached hydrogens (tertiary/aromatic N) is 1. The average Bonchev–Trinajstić information content (AvgIpc) is 2.25. The van der Waals surface area contributed by atoms with Gasteiger partial charge in [0.15, 0.2) is 0 Å². The number of rotatable bonds is 5. The molecule has 0 amide bonds. The first-order valence-electron chi connectivity index (χ1n) is 6.62. The fourth-order valence-corrected chi connectivity index (χ4v) is 2.55. The largest absolute Gasteiger partial charge is 0.312 e. The Labute approximate surface area is 95.4 Å². The molecule has 1 fully saturated rings. The quantitative estimate of drug-likeness (QED) is 0.753. The van der Waals surface area contributed by atoms with E-state index in [1.165, 1.54) is 38.6 Å². The van der Waals surface area contributed by atoms with Crippen LogP contribution in [0.1, 0.15) is 52.9 Å². The van der Waals surface area contributed by atoms with E-state index in [0.717, 1.165) is 12.1 Å². The molecule has 1 aliphatic carbocycles. The zero-order chi connectivity index (χ0) is 11.3. The average molecular weight is 212 g/mol. The van der Waals surface area contributed by atoms with Gasteiger partial charge < -0.3 is 5.32 Å². The molecule has 0 heterocycles. The summed E-state index contributed by atoms with van der Waals surface area (Å²) in [5.74, 6) is 0. The van der Waals surface area contributed by atoms with E-state index in [-0.39, 0.29) is 0 Å². The molecule has 2 unspecified atom stereocenters. The van der Waals surface area contributed by atoms with Gasteiger partial charge in [0, 0.05) is 18.1 Å². The summed E-state index contributed by atoms with van der Waals surface area (Å²) < 4.78 is 0. The Kier molecular flexibility index (Phi) is 5.62. The molecule has 0 radical (unpaired) electrons. The Morgan fingerprint density at radius 1 is 1.27 bits per heavy atom. The summed E-state index contributed by atoms with van der Waals surface area (Å²) in [5, 5.41) is 3.72. The summed E-state index contributed by atoms with van der Waals surface area (Å²) in [5.41, 5.74) is 0. The van der Waals surface area contributed by atoms with Crippen LogP contribution in [0.15, 0.2) is 0 Å². The maximum absolute atomic E-state index is 3.72. The normalized spacial score (nSPS) is 27.6. The lowest BCUT2D eigenvalue weighted by atomic mass is 9.88. The Bertz CT molecular complexity index is 168. The molecule has 15 heavy (non-hydrogen) atoms. The van der Waals surface area contributed by atoms with Crippen molar-refractivity contribution in [1.29, 1.82) is 0 Å². The standard InChI is InChI=1S/C13H28N2/c1-5-10-14-12-8-6-7-9-13(12)15(4)11(2)3/h11-14H,5-10H2,1-4H3. The van der Waals surface area contributed by atoms with Gasteiger partial charge in [0.25, 0.3) is 0 Å². The smallest absolute Gasteiger partial charge is 0.0248 e. The van der Waals surface area contributed by atoms with Crippen molar-refractivity contribution in [3.05, 3.63) is 0 Å². The first-order valence-corrected chi connectivity index (χ1v) is 6.62. The minimum atomic E-state index is 0.666. The molecule has 2 heteroatoms. The molecule has 0 bridgehead atoms. The van der Waals surface area contributed by atoms with Crippen molar-refractivity contribution < 1.29 is 0 Å². The summed E-state index contributed by atoms with van der Waals surface area (Å²) in [4.78, 5) is 2.55. The second-order valence-electron chi connectivity index (χ2n) is 5.17. The van der Waals surface area contributed by atoms with E-state index >= 15 is 0 Å². The van der Waals surface area contributed by atoms with Crippen molar-refractivity contribution in [2.45, 2.75) is 71.0 Å². The number of likely N-dealkylation sites (N-methyl/N-ethyl adjacent to an activating group) is 1. The van der Waals surface area contributed by atoms with Crippen molar-refractivity contribution in [2.24, 2.45) is 0 Å². The molecule has 0 aromatic rings. The van der Waals surface area contributed by atoms with Crippen molar-refractivity contribution in [3.8, 4) is 0 Å². The Morgan fingerprint density at radius 2 is 1.93 bits per heavy atom. The van der Waals surface area contributed by atoms with Crippen molar-refractivity contribution in [3.63, 3.8) is 0 Å². The Morgan fingerprint density at radius 3 is 2.53 bits per heavy atom. The van der Waals surface area contributed by atoms with Crippen molar-refractivity contribution in [1.82, 2.24) is 10.2 Å². The SMILES string of the molecule is CCCNC1CCCCC1N(C)C(C)C. The minimum absolute atomic E-state index is 0.666. The van der Waals surface area contributed by atoms with Crippen LogP contribution in [0.2, 0.25) is 0 Å². The zero-order valence-electron chi connectivity index (χ0n) is 10.9. The van der Waals surface area contributed by atoms with E-state index < -0.39 is 0 Å². The second kappa shape index (κ2) is 6.49. The molecule has 0 saturated heterocycles. The lowest BCUT2D eigenvalue weighted by Crippen LogP contribution is -2.52. The third kappa shape index (κ3) is 3.76. The monoisotopic (exact) mass is 212 g/mol. The van der Waals surface area contributed by atoms with E-state index in [1.807, 2.05) is 0 Å². The van der Waals surface area contributed by atoms with Gasteiger partial charge in [-0.2, -0.15) is 0 Å². The fourth-order valence-electron chi connectivity index (χ4n) is 2.55. The molecule has 0 spiro atoms. The highest BCUT2D eigenvalue weighted by atomic mass is 15.2. The molecule has 2 nitrogen and oxygen atoms in total. The molecule has 1 aliphatic rings. The number of hydrogen-bond donors (Lipinski definition) is 1. The summed E-state index contributed by atoms with van der Waals surface area (Å²) in [6, 6.07) is 2.15. The van der Waals surface area contributed by atoms with Gasteiger partial charge in [-0.25, -0.2) is 0 Å². The summed E-state index contributed by atoms with van der Waals surface area (Å²) in [7, 11) is 2.28. The zero-order valence-corrected chi connectivity index (χ0v) is 10.9. The van der Waals surface area contributed by atoms with Crippen LogP contribution in [-0.2, 0) is 0 Å². The third-order valence-electron chi connectivity index (χ3n) is 3.72. The molecular weight excluding hydrogens is 184 g/mol. The van der Waals surface area contributed by atoms with Crippen LogP contribution in [0, 0.1) is 0 Å². The van der Waals surface area contributed by atoms with E-state index in [2.05, 4.69) is 38.0 Å². The Hall–Kier alpha value is -0.0800. The van der Waals surface area contributed by atoms with Gasteiger partial charge in [-0.15, -0.1) is 0 Å². The lowest BCUT2D eigenvalue weighted by molar-refractivity contribution is 0.120. The first kappa shape index (κ1) is 13.0. The van der Waals surface area contributed by atoms with Gasteiger partial charge in [0.1, 0.15) is 0 Å². The van der Waals surface area contributed by atoms with Crippen molar-refractivity contribution >= 4 is 0 Å². The van der Waals surface area contributed by atoms with E-state index in [1.54, 1.807) is 0 Å². The van der Waals surface area contributed by atoms with E-state index in [0.29, 0.717) is 6.04 Å². The summed E-state index contributed by atoms with van der Waals surface area (Å²) in [6.45, 7) is 8.01. The number of hydrogen-bond acceptors (Lipinski definition) is 2. The minimum Gasteiger partial charge on any atom is -0.312 e. The van der Waals surface area contributed by atoms with Crippen LogP contribution in [0.25, 0.3) is 0 Å². The van der Waals surface area contributed by atoms with Crippen LogP contribution in [0.5, 0.6) is 0 Å². The lowest BCUT2D eigenvalue weighted by Gasteiger charge is -2.40. The van der Waals surface area contributed by atoms with Crippen LogP contribution in [0.4, 0.5) is 0 Å². The maximum Gasteiger partial charge on any atom is 0.0248 e. The van der Waals surface area contributed by atoms with Gasteiger partial charge in [0.05, 0.1) is 0 Å². The molecule has 0 aliphatic heterocycles. The highest BCUT2D eigenvalue weighted by Crippen LogP contribution is 2.23. The number of nitrogens with one attached hydrogen (secondary N) is 1. The van der Waals surface area contributed by atoms with E-state index in [4.69, 9.17) is 0 Å². The predicted octanol–water partition coefficient (Wildman–Crippen LogP) is 2.64. The highest BCUT2D eigenvalue weighted by molar-refractivity contribution is 4.88. The molecule has 1 N–H and O–H groups in total. The molecule has 0 aromatic carbocycles. The van der Waals surface area contributed by atoms with Gasteiger partial charge in [-0.1, -0.05) is 19.8 Å². The van der Waals surface area contributed by atoms with Gasteiger partial charge >= 0.3 is 0 Å². The maximum atomic E-state index is 3.72. The van der Waals surface area contributed by atoms with Gasteiger partial charge in [-0.3, -0.25) is 4.90 Å². The molecule has 0 aromatic heterocycles. The molecule has 1 rings (SSSR count). The van der Waals surface area contributed by atoms with Gasteiger partial charge in [0.2, 0.25) is 0 Å². The highest BCUT2D eigenvalue weighted by Gasteiger charge is 2.28. The molecule has 1 saturated carbocycles. The van der Waals surface area contributed by atoms with Gasteiger partial charge in [-0.05, 0) is 46.7 Å². The van der Waals surface area contributed by atoms with E-state index in [9.17, 15) is 0 Å². The molecule has 2 atom stereocenters. The summed E-state index contributed by atoms with van der Waals surface area (Å²) >= 11 is 0. The van der Waals surface area contributed by atoms with Crippen LogP contribution >= 0.6 is 0 Å². The fraction of sp³-hybridized carbons (Fsp3) is 1.00. The third-order valence-corrected chi connectivity index (χ3v) is 3.72. The van der Waals surface area contributed by atoms with Crippen molar-refractivity contribution in [2.75, 3.05) is 13.6 Å². The van der Waals surface area contributed by atoms with Crippen LogP contribution in [-0.4, -0.2) is 36.6 Å². The predicted molar refractivity (Wildman–Crippen MR) is 67.2 cm³/mol.